The molecule has 0 bridgehead atoms. The molecule has 106 valence electrons. The second-order valence-corrected chi connectivity index (χ2v) is 5.95. The van der Waals surface area contributed by atoms with Crippen LogP contribution >= 0.6 is 11.8 Å². The van der Waals surface area contributed by atoms with Gasteiger partial charge in [0.05, 0.1) is 6.61 Å². The van der Waals surface area contributed by atoms with E-state index in [9.17, 15) is 0 Å². The Hall–Kier alpha value is -1.00. The minimum atomic E-state index is 0.395. The number of nitrogens with one attached hydrogen (secondary N) is 1. The standard InChI is InChI=1S/C15H24N2OS/c1-4-18-15(16)10-11-19-14(12-17(2)3)13-8-6-5-7-9-13/h5-9,14,16H,4,10-12H2,1-3H3. The van der Waals surface area contributed by atoms with E-state index in [0.717, 1.165) is 12.3 Å². The first-order valence-corrected chi connectivity index (χ1v) is 7.69. The number of thioether (sulfide) groups is 1. The van der Waals surface area contributed by atoms with E-state index in [0.29, 0.717) is 24.2 Å². The summed E-state index contributed by atoms with van der Waals surface area (Å²) >= 11 is 1.89. The van der Waals surface area contributed by atoms with Crippen molar-refractivity contribution in [1.29, 1.82) is 5.41 Å². The maximum Gasteiger partial charge on any atom is 0.181 e. The lowest BCUT2D eigenvalue weighted by molar-refractivity contribution is 0.316. The van der Waals surface area contributed by atoms with Gasteiger partial charge in [-0.1, -0.05) is 30.3 Å². The van der Waals surface area contributed by atoms with Crippen molar-refractivity contribution >= 4 is 17.7 Å². The third-order valence-corrected chi connectivity index (χ3v) is 3.93. The molecule has 0 fully saturated rings. The van der Waals surface area contributed by atoms with E-state index >= 15 is 0 Å². The predicted octanol–water partition coefficient (Wildman–Crippen LogP) is 3.43. The van der Waals surface area contributed by atoms with Gasteiger partial charge < -0.3 is 9.64 Å². The summed E-state index contributed by atoms with van der Waals surface area (Å²) in [5.74, 6) is 1.32. The van der Waals surface area contributed by atoms with E-state index in [2.05, 4.69) is 43.3 Å². The minimum absolute atomic E-state index is 0.395. The third kappa shape index (κ3) is 6.64. The SMILES string of the molecule is CCOC(=N)CCSC(CN(C)C)c1ccccc1. The van der Waals surface area contributed by atoms with Crippen LogP contribution in [0.5, 0.6) is 0 Å². The molecule has 0 heterocycles. The van der Waals surface area contributed by atoms with Crippen molar-refractivity contribution in [2.75, 3.05) is 33.0 Å². The zero-order chi connectivity index (χ0) is 14.1. The summed E-state index contributed by atoms with van der Waals surface area (Å²) in [4.78, 5) is 2.21. The summed E-state index contributed by atoms with van der Waals surface area (Å²) in [7, 11) is 4.19. The molecule has 0 aliphatic rings. The van der Waals surface area contributed by atoms with Gasteiger partial charge in [-0.15, -0.1) is 0 Å². The summed E-state index contributed by atoms with van der Waals surface area (Å²) in [5.41, 5.74) is 1.35. The van der Waals surface area contributed by atoms with Crippen LogP contribution in [0.1, 0.15) is 24.2 Å². The first kappa shape index (κ1) is 16.1. The smallest absolute Gasteiger partial charge is 0.181 e. The Morgan fingerprint density at radius 2 is 2.00 bits per heavy atom. The van der Waals surface area contributed by atoms with Crippen LogP contribution in [0.25, 0.3) is 0 Å². The van der Waals surface area contributed by atoms with Crippen molar-refractivity contribution < 1.29 is 4.74 Å². The molecule has 0 aliphatic carbocycles. The van der Waals surface area contributed by atoms with Crippen molar-refractivity contribution in [2.24, 2.45) is 0 Å². The lowest BCUT2D eigenvalue weighted by Gasteiger charge is -2.21. The summed E-state index contributed by atoms with van der Waals surface area (Å²) < 4.78 is 5.17. The Balaban J connectivity index is 2.49. The third-order valence-electron chi connectivity index (χ3n) is 2.67. The molecule has 1 aromatic rings. The molecule has 0 aliphatic heterocycles. The van der Waals surface area contributed by atoms with Crippen LogP contribution in [-0.4, -0.2) is 43.8 Å². The lowest BCUT2D eigenvalue weighted by atomic mass is 10.1. The van der Waals surface area contributed by atoms with Gasteiger partial charge >= 0.3 is 0 Å². The average molecular weight is 280 g/mol. The Morgan fingerprint density at radius 3 is 2.58 bits per heavy atom. The first-order chi connectivity index (χ1) is 9.13. The summed E-state index contributed by atoms with van der Waals surface area (Å²) in [6, 6.07) is 10.6. The molecule has 4 heteroatoms. The fraction of sp³-hybridized carbons (Fsp3) is 0.533. The van der Waals surface area contributed by atoms with E-state index in [1.807, 2.05) is 24.8 Å². The van der Waals surface area contributed by atoms with Crippen LogP contribution in [0.15, 0.2) is 30.3 Å². The van der Waals surface area contributed by atoms with Crippen LogP contribution in [0.2, 0.25) is 0 Å². The maximum atomic E-state index is 7.63. The van der Waals surface area contributed by atoms with Crippen molar-refractivity contribution in [3.8, 4) is 0 Å². The topological polar surface area (TPSA) is 36.3 Å². The van der Waals surface area contributed by atoms with E-state index in [4.69, 9.17) is 10.1 Å². The molecule has 1 aromatic carbocycles. The fourth-order valence-electron chi connectivity index (χ4n) is 1.79. The first-order valence-electron chi connectivity index (χ1n) is 6.65. The molecule has 0 radical (unpaired) electrons. The number of hydrogen-bond acceptors (Lipinski definition) is 4. The number of likely N-dealkylation sites (N-methyl/N-ethyl adjacent to an activating group) is 1. The van der Waals surface area contributed by atoms with Gasteiger partial charge in [0.2, 0.25) is 0 Å². The maximum absolute atomic E-state index is 7.63. The fourth-order valence-corrected chi connectivity index (χ4v) is 3.13. The zero-order valence-electron chi connectivity index (χ0n) is 12.1. The highest BCUT2D eigenvalue weighted by atomic mass is 32.2. The molecular formula is C15H24N2OS. The Kier molecular flexibility index (Phi) is 7.60. The van der Waals surface area contributed by atoms with Gasteiger partial charge in [-0.3, -0.25) is 5.41 Å². The number of hydrogen-bond donors (Lipinski definition) is 1. The molecule has 1 N–H and O–H groups in total. The van der Waals surface area contributed by atoms with Gasteiger partial charge in [0.15, 0.2) is 5.90 Å². The Labute approximate surface area is 120 Å². The van der Waals surface area contributed by atoms with Gasteiger partial charge in [-0.25, -0.2) is 0 Å². The second kappa shape index (κ2) is 8.99. The van der Waals surface area contributed by atoms with Crippen LogP contribution in [-0.2, 0) is 4.74 Å². The summed E-state index contributed by atoms with van der Waals surface area (Å²) in [5, 5.41) is 8.08. The van der Waals surface area contributed by atoms with Gasteiger partial charge in [0, 0.05) is 24.0 Å². The van der Waals surface area contributed by atoms with Gasteiger partial charge in [-0.2, -0.15) is 11.8 Å². The average Bonchev–Trinajstić information content (AvgIpc) is 2.38. The Morgan fingerprint density at radius 1 is 1.32 bits per heavy atom. The van der Waals surface area contributed by atoms with Crippen molar-refractivity contribution in [3.63, 3.8) is 0 Å². The number of nitrogens with zero attached hydrogens (tertiary/aromatic N) is 1. The van der Waals surface area contributed by atoms with E-state index in [-0.39, 0.29) is 0 Å². The minimum Gasteiger partial charge on any atom is -0.481 e. The highest BCUT2D eigenvalue weighted by Crippen LogP contribution is 2.29. The highest BCUT2D eigenvalue weighted by molar-refractivity contribution is 7.99. The molecule has 0 spiro atoms. The molecule has 3 nitrogen and oxygen atoms in total. The molecular weight excluding hydrogens is 256 g/mol. The lowest BCUT2D eigenvalue weighted by Crippen LogP contribution is -2.19. The number of rotatable bonds is 8. The second-order valence-electron chi connectivity index (χ2n) is 4.64. The largest absolute Gasteiger partial charge is 0.481 e. The summed E-state index contributed by atoms with van der Waals surface area (Å²) in [6.45, 7) is 3.51. The monoisotopic (exact) mass is 280 g/mol. The quantitative estimate of drug-likeness (QED) is 0.585. The molecule has 1 unspecified atom stereocenters. The molecule has 0 saturated carbocycles. The van der Waals surface area contributed by atoms with Crippen molar-refractivity contribution in [1.82, 2.24) is 4.90 Å². The molecule has 1 rings (SSSR count). The molecule has 0 aromatic heterocycles. The van der Waals surface area contributed by atoms with Gasteiger partial charge in [0.25, 0.3) is 0 Å². The number of ether oxygens (including phenoxy) is 1. The highest BCUT2D eigenvalue weighted by Gasteiger charge is 2.13. The van der Waals surface area contributed by atoms with E-state index < -0.39 is 0 Å². The van der Waals surface area contributed by atoms with Crippen LogP contribution in [0, 0.1) is 5.41 Å². The molecule has 0 amide bonds. The van der Waals surface area contributed by atoms with Crippen LogP contribution in [0.4, 0.5) is 0 Å². The summed E-state index contributed by atoms with van der Waals surface area (Å²) in [6.07, 6.45) is 0.704. The predicted molar refractivity (Wildman–Crippen MR) is 84.2 cm³/mol. The molecule has 0 saturated heterocycles. The van der Waals surface area contributed by atoms with Crippen LogP contribution < -0.4 is 0 Å². The van der Waals surface area contributed by atoms with Crippen molar-refractivity contribution in [2.45, 2.75) is 18.6 Å². The van der Waals surface area contributed by atoms with E-state index in [1.54, 1.807) is 0 Å². The normalized spacial score (nSPS) is 12.4. The van der Waals surface area contributed by atoms with Crippen LogP contribution in [0.3, 0.4) is 0 Å². The molecule has 1 atom stereocenters. The molecule has 19 heavy (non-hydrogen) atoms. The van der Waals surface area contributed by atoms with Gasteiger partial charge in [-0.05, 0) is 26.6 Å². The number of benzene rings is 1. The Bertz CT molecular complexity index is 368. The zero-order valence-corrected chi connectivity index (χ0v) is 12.9. The van der Waals surface area contributed by atoms with Crippen molar-refractivity contribution in [3.05, 3.63) is 35.9 Å². The van der Waals surface area contributed by atoms with E-state index in [1.165, 1.54) is 5.56 Å². The van der Waals surface area contributed by atoms with Gasteiger partial charge in [0.1, 0.15) is 0 Å².